The fraction of sp³-hybridized carbons (Fsp3) is 0.423. The lowest BCUT2D eigenvalue weighted by Gasteiger charge is -2.35. The van der Waals surface area contributed by atoms with Crippen LogP contribution < -0.4 is 31.5 Å². The number of aromatic nitrogens is 10. The molecule has 6 aromatic heterocycles. The molecule has 6 aromatic carbocycles. The second-order valence-corrected chi connectivity index (χ2v) is 41.1. The predicted molar refractivity (Wildman–Crippen MR) is 549 cm³/mol. The second kappa shape index (κ2) is 48.8. The largest absolute Gasteiger partial charge is 0.480 e. The third-order valence-corrected chi connectivity index (χ3v) is 28.0. The van der Waals surface area contributed by atoms with Crippen LogP contribution in [-0.2, 0) is 57.3 Å². The topological polar surface area (TPSA) is 408 Å². The number of anilines is 4. The minimum absolute atomic E-state index is 0.0158. The van der Waals surface area contributed by atoms with E-state index in [9.17, 15) is 38.4 Å². The molecule has 37 heteroatoms. The molecule has 5 amide bonds. The van der Waals surface area contributed by atoms with E-state index in [0.29, 0.717) is 26.2 Å². The zero-order chi connectivity index (χ0) is 102. The molecule has 2 aliphatic heterocycles. The van der Waals surface area contributed by atoms with Crippen molar-refractivity contribution < 1.29 is 71.5 Å². The molecule has 6 N–H and O–H groups in total. The van der Waals surface area contributed by atoms with Crippen molar-refractivity contribution in [3.8, 4) is 54.5 Å². The number of aliphatic carboxylic acids is 1. The van der Waals surface area contributed by atoms with E-state index in [1.807, 2.05) is 169 Å². The van der Waals surface area contributed by atoms with Gasteiger partial charge in [-0.15, -0.1) is 32.9 Å². The average Bonchev–Trinajstić information content (AvgIpc) is 1.73. The Morgan fingerprint density at radius 2 is 0.929 bits per heavy atom. The first-order valence-corrected chi connectivity index (χ1v) is 50.4. The Balaban J connectivity index is 0.000000209. The first-order chi connectivity index (χ1) is 67.1. The van der Waals surface area contributed by atoms with Gasteiger partial charge >= 0.3 is 17.9 Å². The van der Waals surface area contributed by atoms with Crippen LogP contribution in [0, 0.1) is 66.2 Å². The maximum absolute atomic E-state index is 14.5. The number of carbonyl (C=O) groups is 8. The molecular formula is C104H126Br2N18O15S2. The molecular weight excluding hydrogens is 1970 g/mol. The van der Waals surface area contributed by atoms with E-state index in [0.717, 1.165) is 181 Å². The molecule has 8 heterocycles. The number of rotatable bonds is 37. The number of esters is 2. The van der Waals surface area contributed by atoms with Crippen LogP contribution in [0.5, 0.6) is 0 Å². The Labute approximate surface area is 847 Å². The van der Waals surface area contributed by atoms with Crippen molar-refractivity contribution in [1.29, 1.82) is 0 Å². The number of benzene rings is 6. The quantitative estimate of drug-likeness (QED) is 0.0178. The molecule has 2 aliphatic rings. The Hall–Kier alpha value is -12.5. The van der Waals surface area contributed by atoms with Crippen LogP contribution in [-0.4, -0.2) is 202 Å². The summed E-state index contributed by atoms with van der Waals surface area (Å²) < 4.78 is 38.1. The lowest BCUT2D eigenvalue weighted by atomic mass is 9.85. The van der Waals surface area contributed by atoms with Crippen molar-refractivity contribution >= 4 is 125 Å². The first kappa shape index (κ1) is 107. The molecule has 141 heavy (non-hydrogen) atoms. The van der Waals surface area contributed by atoms with Crippen molar-refractivity contribution in [3.63, 3.8) is 0 Å². The Morgan fingerprint density at radius 3 is 1.28 bits per heavy atom. The monoisotopic (exact) mass is 2090 g/mol. The van der Waals surface area contributed by atoms with Gasteiger partial charge in [-0.05, 0) is 243 Å². The van der Waals surface area contributed by atoms with Gasteiger partial charge in [0.2, 0.25) is 29.5 Å². The van der Waals surface area contributed by atoms with Crippen LogP contribution >= 0.6 is 54.5 Å². The fourth-order valence-corrected chi connectivity index (χ4v) is 20.0. The number of unbranched alkanes of at least 4 members (excludes halogenated alkanes) is 4. The number of hydrogen-bond donors (Lipinski definition) is 5. The molecule has 0 unspecified atom stereocenters. The number of nitrogens with zero attached hydrogens (tertiary/aromatic N) is 14. The minimum atomic E-state index is -0.994. The van der Waals surface area contributed by atoms with Crippen molar-refractivity contribution in [3.05, 3.63) is 223 Å². The summed E-state index contributed by atoms with van der Waals surface area (Å²) in [5, 5.41) is 42.2. The van der Waals surface area contributed by atoms with Crippen molar-refractivity contribution in [2.75, 3.05) is 62.4 Å². The minimum Gasteiger partial charge on any atom is -0.480 e. The predicted octanol–water partition coefficient (Wildman–Crippen LogP) is 18.5. The highest BCUT2D eigenvalue weighted by Gasteiger charge is 2.48. The average molecular weight is 2090 g/mol. The van der Waals surface area contributed by atoms with Crippen molar-refractivity contribution in [2.24, 2.45) is 16.6 Å². The molecule has 12 aromatic rings. The molecule has 14 rings (SSSR count). The molecule has 0 bridgehead atoms. The summed E-state index contributed by atoms with van der Waals surface area (Å²) in [6, 6.07) is 37.0. The number of ether oxygens (including phenoxy) is 4. The zero-order valence-corrected chi connectivity index (χ0v) is 87.8. The molecule has 0 radical (unpaired) electrons. The summed E-state index contributed by atoms with van der Waals surface area (Å²) in [5.41, 5.74) is 28.5. The van der Waals surface area contributed by atoms with Crippen molar-refractivity contribution in [2.45, 2.75) is 224 Å². The summed E-state index contributed by atoms with van der Waals surface area (Å²) in [7, 11) is 0. The van der Waals surface area contributed by atoms with Gasteiger partial charge in [-0.1, -0.05) is 135 Å². The molecule has 33 nitrogen and oxygen atoms in total. The van der Waals surface area contributed by atoms with E-state index in [4.69, 9.17) is 38.8 Å². The maximum atomic E-state index is 14.5. The summed E-state index contributed by atoms with van der Waals surface area (Å²) >= 11 is 10.6. The number of likely N-dealkylation sites (tertiary alicyclic amines) is 2. The summed E-state index contributed by atoms with van der Waals surface area (Å²) in [6.45, 7) is 35.4. The molecule has 748 valence electrons. The molecule has 8 atom stereocenters. The number of hydrogen-bond acceptors (Lipinski definition) is 27. The van der Waals surface area contributed by atoms with Crippen LogP contribution in [0.3, 0.4) is 0 Å². The molecule has 2 saturated heterocycles. The third kappa shape index (κ3) is 28.1. The Kier molecular flexibility index (Phi) is 37.1. The molecule has 0 saturated carbocycles. The number of carbonyl (C=O) groups excluding carboxylic acids is 7. The van der Waals surface area contributed by atoms with Crippen LogP contribution in [0.2, 0.25) is 0 Å². The number of aryl methyl sites for hydroxylation is 8. The van der Waals surface area contributed by atoms with Gasteiger partial charge < -0.3 is 74.4 Å². The molecule has 0 spiro atoms. The van der Waals surface area contributed by atoms with Crippen LogP contribution in [0.1, 0.15) is 189 Å². The van der Waals surface area contributed by atoms with Gasteiger partial charge in [0.1, 0.15) is 55.1 Å². The van der Waals surface area contributed by atoms with Crippen molar-refractivity contribution in [1.82, 2.24) is 76.0 Å². The lowest BCUT2D eigenvalue weighted by Crippen LogP contribution is -2.58. The van der Waals surface area contributed by atoms with E-state index in [-0.39, 0.29) is 69.0 Å². The molecule has 2 fully saturated rings. The molecule has 0 aliphatic carbocycles. The second-order valence-electron chi connectivity index (χ2n) is 37.7. The van der Waals surface area contributed by atoms with E-state index in [1.54, 1.807) is 56.8 Å². The van der Waals surface area contributed by atoms with Crippen LogP contribution in [0.4, 0.5) is 22.7 Å². The van der Waals surface area contributed by atoms with Crippen LogP contribution in [0.15, 0.2) is 175 Å². The van der Waals surface area contributed by atoms with E-state index < -0.39 is 76.9 Å². The highest BCUT2D eigenvalue weighted by Crippen LogP contribution is 2.42. The Bertz CT molecular complexity index is 6270. The lowest BCUT2D eigenvalue weighted by molar-refractivity contribution is -0.148. The van der Waals surface area contributed by atoms with Crippen LogP contribution in [0.25, 0.3) is 54.5 Å². The van der Waals surface area contributed by atoms with E-state index in [1.165, 1.54) is 23.6 Å². The van der Waals surface area contributed by atoms with E-state index in [2.05, 4.69) is 173 Å². The highest BCUT2D eigenvalue weighted by atomic mass is 79.9. The Morgan fingerprint density at radius 1 is 0.518 bits per heavy atom. The summed E-state index contributed by atoms with van der Waals surface area (Å²) in [5.74, 6) is -2.22. The zero-order valence-electron chi connectivity index (χ0n) is 83.0. The number of nitrogens with one attached hydrogen (secondary N) is 3. The highest BCUT2D eigenvalue weighted by molar-refractivity contribution is 9.11. The third-order valence-electron chi connectivity index (χ3n) is 24.8. The van der Waals surface area contributed by atoms with Gasteiger partial charge in [-0.2, -0.15) is 0 Å². The van der Waals surface area contributed by atoms with Gasteiger partial charge in [0, 0.05) is 95.8 Å². The van der Waals surface area contributed by atoms with Gasteiger partial charge in [-0.3, -0.25) is 33.6 Å². The SMILES string of the molecule is CC(=O)O[C@@H]1C[C@@H](C(=O)N[C@@H](C)c2ccc(-c3scnc3C)cc2)N(C(=O)[C@@H](N)C(C)(C)C)C1.CC(=O)O[C@@H]1C[C@@H](C(=O)N[C@@H](C)c2ccc(-c3scnc3C)cc2)N(C(=O)[C@@H](NC(=O)COCCCCCN(c2ccc(-n3ccnn3)c(Br)c2)c2cc(-c3c(C)noc3C)ccc2C)C(C)(C)C)C1.Cc1ccc(-c2c(C)noc2C)cc1N(CCCCCOCC(=O)O)c1ccc(-n2ccnn2)c(Br)c1. The number of amides is 5. The number of thiazole rings is 2. The summed E-state index contributed by atoms with van der Waals surface area (Å²) in [6.07, 6.45) is 11.0. The van der Waals surface area contributed by atoms with Gasteiger partial charge in [0.15, 0.2) is 0 Å². The summed E-state index contributed by atoms with van der Waals surface area (Å²) in [4.78, 5) is 121. The number of carboxylic acids is 1. The van der Waals surface area contributed by atoms with Gasteiger partial charge in [-0.25, -0.2) is 24.1 Å². The number of carboxylic acid groups (broad SMARTS) is 1. The normalized spacial score (nSPS) is 15.5. The maximum Gasteiger partial charge on any atom is 0.329 e. The van der Waals surface area contributed by atoms with Gasteiger partial charge in [0.25, 0.3) is 0 Å². The fourth-order valence-electron chi connectivity index (χ4n) is 17.3. The smallest absolute Gasteiger partial charge is 0.329 e. The standard InChI is InChI=1S/C52H62BrN9O7S.C27H30BrN5O4.C25H34N4O4S/c1-31-13-14-39(47-33(3)58-69-35(47)5)25-44(31)60(40-19-20-43(42(53)26-40)62-23-21-55-59-62)22-11-10-12-24-67-29-46(64)57-49(52(7,8)9)51(66)61-28-41(68-36(6)63)27-45(61)50(65)56-32(2)37-15-17-38(18-16-37)48-34(4)54-30-70-48;1-18-7-8-21(27-19(2)30-37-20(27)3)15-25(18)32(12-5-4-6-14-36-17-26(34)35)22-9-10-24(23(28)16-22)33-13-11-29-31-33;1-14(17-7-9-18(10-8-17)21-15(2)27-13-34-21)28-23(31)20-11-19(33-16(3)30)12-29(20)24(32)22(26)25(4,5)6/h13-21,23,25-26,30,32,41,45,49H,10-12,22,24,27-29H2,1-9H3,(H,56,65)(H,57,64);7-11,13,15-16H,4-6,12,14,17H2,1-3H3,(H,34,35);7-10,13-14,19-20,22H,11-12,26H2,1-6H3,(H,28,31)/t32-,41+,45-,49+;;14-,19+,20-,22+/m0.0/s1. The number of nitrogens with two attached hydrogens (primary N) is 1. The number of halogens is 2. The van der Waals surface area contributed by atoms with E-state index >= 15 is 0 Å². The first-order valence-electron chi connectivity index (χ1n) is 47.1. The van der Waals surface area contributed by atoms with Gasteiger partial charge in [0.05, 0.1) is 111 Å².